The molecule has 2 aromatic rings. The third-order valence-electron chi connectivity index (χ3n) is 2.93. The first-order chi connectivity index (χ1) is 8.85. The van der Waals surface area contributed by atoms with Gasteiger partial charge in [0, 0.05) is 0 Å². The Morgan fingerprint density at radius 3 is 2.56 bits per heavy atom. The number of aryl methyl sites for hydroxylation is 1. The number of aromatic nitrogens is 2. The molecule has 3 nitrogen and oxygen atoms in total. The Hall–Kier alpha value is -1.26. The summed E-state index contributed by atoms with van der Waals surface area (Å²) >= 11 is 1.26. The molecule has 0 aliphatic carbocycles. The zero-order valence-corrected chi connectivity index (χ0v) is 11.7. The van der Waals surface area contributed by atoms with Crippen molar-refractivity contribution in [3.63, 3.8) is 0 Å². The number of hydrogen-bond donors (Lipinski definition) is 1. The summed E-state index contributed by atoms with van der Waals surface area (Å²) in [6.45, 7) is 5.23. The largest absolute Gasteiger partial charge is 0.305 e. The minimum Gasteiger partial charge on any atom is -0.305 e. The maximum Gasteiger partial charge on any atom is 0.0957 e. The molecular formula is C14H19N3S. The molecule has 1 N–H and O–H groups in total. The lowest BCUT2D eigenvalue weighted by Gasteiger charge is -2.16. The molecule has 2 rings (SSSR count). The van der Waals surface area contributed by atoms with E-state index < -0.39 is 0 Å². The van der Waals surface area contributed by atoms with Crippen LogP contribution in [0.5, 0.6) is 0 Å². The average molecular weight is 261 g/mol. The Morgan fingerprint density at radius 1 is 1.22 bits per heavy atom. The van der Waals surface area contributed by atoms with E-state index in [4.69, 9.17) is 0 Å². The van der Waals surface area contributed by atoms with Crippen LogP contribution in [0.2, 0.25) is 0 Å². The molecule has 1 aromatic carbocycles. The summed E-state index contributed by atoms with van der Waals surface area (Å²) in [7, 11) is 0. The summed E-state index contributed by atoms with van der Waals surface area (Å²) in [5.41, 5.74) is 3.65. The predicted molar refractivity (Wildman–Crippen MR) is 75.9 cm³/mol. The molecule has 0 saturated carbocycles. The van der Waals surface area contributed by atoms with Crippen LogP contribution in [0.25, 0.3) is 0 Å². The Bertz CT molecular complexity index is 450. The molecule has 1 aromatic heterocycles. The molecule has 1 atom stereocenters. The molecule has 4 heteroatoms. The van der Waals surface area contributed by atoms with Gasteiger partial charge in [0.05, 0.1) is 29.7 Å². The molecule has 18 heavy (non-hydrogen) atoms. The van der Waals surface area contributed by atoms with Crippen LogP contribution >= 0.6 is 11.7 Å². The van der Waals surface area contributed by atoms with Crippen molar-refractivity contribution in [2.75, 3.05) is 6.54 Å². The predicted octanol–water partition coefficient (Wildman–Crippen LogP) is 3.19. The Balaban J connectivity index is 2.20. The maximum atomic E-state index is 4.34. The fourth-order valence-electron chi connectivity index (χ4n) is 2.06. The third-order valence-corrected chi connectivity index (χ3v) is 3.43. The number of hydrogen-bond acceptors (Lipinski definition) is 4. The fraction of sp³-hybridized carbons (Fsp3) is 0.429. The zero-order chi connectivity index (χ0) is 12.8. The van der Waals surface area contributed by atoms with Crippen molar-refractivity contribution in [3.8, 4) is 0 Å². The van der Waals surface area contributed by atoms with Crippen molar-refractivity contribution in [2.45, 2.75) is 32.7 Å². The summed E-state index contributed by atoms with van der Waals surface area (Å²) < 4.78 is 8.43. The standard InChI is InChI=1S/C14H19N3S/c1-3-5-11-6-8-12(9-7-11)14(15-4-2)13-10-16-18-17-13/h6-10,14-15H,3-5H2,1-2H3. The van der Waals surface area contributed by atoms with Crippen LogP contribution in [-0.2, 0) is 6.42 Å². The molecule has 96 valence electrons. The first-order valence-electron chi connectivity index (χ1n) is 6.44. The van der Waals surface area contributed by atoms with E-state index in [1.807, 2.05) is 6.20 Å². The van der Waals surface area contributed by atoms with E-state index in [2.05, 4.69) is 52.2 Å². The Labute approximate surface area is 113 Å². The first-order valence-corrected chi connectivity index (χ1v) is 7.17. The Morgan fingerprint density at radius 2 is 2.00 bits per heavy atom. The topological polar surface area (TPSA) is 37.8 Å². The lowest BCUT2D eigenvalue weighted by molar-refractivity contribution is 0.619. The Kier molecular flexibility index (Phi) is 4.84. The molecule has 0 amide bonds. The van der Waals surface area contributed by atoms with Gasteiger partial charge >= 0.3 is 0 Å². The monoisotopic (exact) mass is 261 g/mol. The summed E-state index contributed by atoms with van der Waals surface area (Å²) in [6.07, 6.45) is 4.17. The van der Waals surface area contributed by atoms with Crippen molar-refractivity contribution < 1.29 is 0 Å². The number of nitrogens with one attached hydrogen (secondary N) is 1. The highest BCUT2D eigenvalue weighted by molar-refractivity contribution is 6.99. The third kappa shape index (κ3) is 3.15. The van der Waals surface area contributed by atoms with E-state index in [1.54, 1.807) is 0 Å². The molecule has 0 aliphatic heterocycles. The summed E-state index contributed by atoms with van der Waals surface area (Å²) in [5.74, 6) is 0. The van der Waals surface area contributed by atoms with Gasteiger partial charge in [0.2, 0.25) is 0 Å². The minimum atomic E-state index is 0.157. The lowest BCUT2D eigenvalue weighted by Crippen LogP contribution is -2.22. The molecule has 0 saturated heterocycles. The van der Waals surface area contributed by atoms with Crippen LogP contribution in [0.1, 0.15) is 43.1 Å². The van der Waals surface area contributed by atoms with Crippen molar-refractivity contribution in [1.82, 2.24) is 14.1 Å². The van der Waals surface area contributed by atoms with Gasteiger partial charge in [-0.15, -0.1) is 0 Å². The van der Waals surface area contributed by atoms with Gasteiger partial charge in [0.25, 0.3) is 0 Å². The number of rotatable bonds is 6. The number of nitrogens with zero attached hydrogens (tertiary/aromatic N) is 2. The van der Waals surface area contributed by atoms with E-state index in [-0.39, 0.29) is 6.04 Å². The van der Waals surface area contributed by atoms with Crippen molar-refractivity contribution >= 4 is 11.7 Å². The normalized spacial score (nSPS) is 12.6. The highest BCUT2D eigenvalue weighted by Crippen LogP contribution is 2.21. The van der Waals surface area contributed by atoms with Crippen molar-refractivity contribution in [1.29, 1.82) is 0 Å². The highest BCUT2D eigenvalue weighted by atomic mass is 32.1. The van der Waals surface area contributed by atoms with Gasteiger partial charge in [-0.2, -0.15) is 8.75 Å². The smallest absolute Gasteiger partial charge is 0.0957 e. The molecule has 1 heterocycles. The minimum absolute atomic E-state index is 0.157. The second-order valence-corrected chi connectivity index (χ2v) is 4.87. The van der Waals surface area contributed by atoms with Gasteiger partial charge in [-0.1, -0.05) is 44.5 Å². The van der Waals surface area contributed by atoms with Crippen LogP contribution in [-0.4, -0.2) is 15.3 Å². The molecule has 0 bridgehead atoms. The van der Waals surface area contributed by atoms with Gasteiger partial charge in [-0.05, 0) is 24.1 Å². The molecule has 0 aliphatic rings. The van der Waals surface area contributed by atoms with Gasteiger partial charge in [-0.3, -0.25) is 0 Å². The van der Waals surface area contributed by atoms with Crippen molar-refractivity contribution in [3.05, 3.63) is 47.3 Å². The van der Waals surface area contributed by atoms with E-state index in [0.717, 1.165) is 18.7 Å². The SMILES string of the molecule is CCCc1ccc(C(NCC)c2cnsn2)cc1. The first kappa shape index (κ1) is 13.2. The second-order valence-electron chi connectivity index (χ2n) is 4.31. The van der Waals surface area contributed by atoms with Crippen LogP contribution < -0.4 is 5.32 Å². The lowest BCUT2D eigenvalue weighted by atomic mass is 10.0. The van der Waals surface area contributed by atoms with E-state index in [1.165, 1.54) is 29.3 Å². The molecule has 0 fully saturated rings. The number of benzene rings is 1. The van der Waals surface area contributed by atoms with E-state index >= 15 is 0 Å². The van der Waals surface area contributed by atoms with E-state index in [0.29, 0.717) is 0 Å². The van der Waals surface area contributed by atoms with Crippen LogP contribution in [0.15, 0.2) is 30.5 Å². The van der Waals surface area contributed by atoms with Gasteiger partial charge < -0.3 is 5.32 Å². The van der Waals surface area contributed by atoms with Gasteiger partial charge in [-0.25, -0.2) is 0 Å². The molecule has 0 radical (unpaired) electrons. The van der Waals surface area contributed by atoms with E-state index in [9.17, 15) is 0 Å². The average Bonchev–Trinajstić information content (AvgIpc) is 2.91. The molecular weight excluding hydrogens is 242 g/mol. The van der Waals surface area contributed by atoms with Crippen LogP contribution in [0.3, 0.4) is 0 Å². The summed E-state index contributed by atoms with van der Waals surface area (Å²) in [5, 5.41) is 3.46. The van der Waals surface area contributed by atoms with Crippen LogP contribution in [0.4, 0.5) is 0 Å². The highest BCUT2D eigenvalue weighted by Gasteiger charge is 2.15. The zero-order valence-electron chi connectivity index (χ0n) is 10.9. The molecule has 1 unspecified atom stereocenters. The van der Waals surface area contributed by atoms with Crippen LogP contribution in [0, 0.1) is 0 Å². The molecule has 0 spiro atoms. The maximum absolute atomic E-state index is 4.34. The van der Waals surface area contributed by atoms with Gasteiger partial charge in [0.1, 0.15) is 0 Å². The fourth-order valence-corrected chi connectivity index (χ4v) is 2.51. The van der Waals surface area contributed by atoms with Gasteiger partial charge in [0.15, 0.2) is 0 Å². The van der Waals surface area contributed by atoms with Crippen molar-refractivity contribution in [2.24, 2.45) is 0 Å². The summed E-state index contributed by atoms with van der Waals surface area (Å²) in [4.78, 5) is 0. The second kappa shape index (κ2) is 6.61. The quantitative estimate of drug-likeness (QED) is 0.868. The summed E-state index contributed by atoms with van der Waals surface area (Å²) in [6, 6.07) is 8.96.